The summed E-state index contributed by atoms with van der Waals surface area (Å²) < 4.78 is 5.35. The summed E-state index contributed by atoms with van der Waals surface area (Å²) in [6.07, 6.45) is 0.734. The maximum absolute atomic E-state index is 13.1. The van der Waals surface area contributed by atoms with Gasteiger partial charge in [-0.2, -0.15) is 0 Å². The number of amides is 2. The fraction of sp³-hybridized carbons (Fsp3) is 0.895. The average Bonchev–Trinajstić information content (AvgIpc) is 3.05. The number of nitrogens with one attached hydrogen (secondary N) is 1. The van der Waals surface area contributed by atoms with Crippen molar-refractivity contribution in [3.8, 4) is 0 Å². The Bertz CT molecular complexity index is 579. The lowest BCUT2D eigenvalue weighted by Gasteiger charge is -2.38. The molecule has 0 aromatic rings. The molecule has 0 aromatic carbocycles. The number of hydrogen-bond acceptors (Lipinski definition) is 3. The number of ether oxygens (including phenoxy) is 1. The van der Waals surface area contributed by atoms with Crippen LogP contribution >= 0.6 is 0 Å². The Hall–Kier alpha value is -1.26. The minimum atomic E-state index is -0.575. The lowest BCUT2D eigenvalue weighted by Crippen LogP contribution is -2.56. The summed E-state index contributed by atoms with van der Waals surface area (Å²) in [5, 5.41) is 2.81. The third-order valence-electron chi connectivity index (χ3n) is 6.73. The molecule has 3 atom stereocenters. The van der Waals surface area contributed by atoms with Gasteiger partial charge >= 0.3 is 6.09 Å². The van der Waals surface area contributed by atoms with E-state index in [9.17, 15) is 9.59 Å². The molecule has 5 heteroatoms. The van der Waals surface area contributed by atoms with Crippen molar-refractivity contribution in [2.75, 3.05) is 13.1 Å². The van der Waals surface area contributed by atoms with Crippen LogP contribution in [0.4, 0.5) is 4.79 Å². The van der Waals surface area contributed by atoms with E-state index < -0.39 is 17.7 Å². The van der Waals surface area contributed by atoms with E-state index in [0.717, 1.165) is 13.1 Å². The summed E-state index contributed by atoms with van der Waals surface area (Å²) in [5.41, 5.74) is 0.144. The zero-order valence-corrected chi connectivity index (χ0v) is 16.4. The highest BCUT2D eigenvalue weighted by atomic mass is 16.6. The first-order chi connectivity index (χ1) is 10.7. The normalized spacial score (nSPS) is 34.1. The molecule has 136 valence electrons. The molecule has 2 saturated carbocycles. The number of hydrogen-bond donors (Lipinski definition) is 1. The van der Waals surface area contributed by atoms with Gasteiger partial charge in [0.2, 0.25) is 5.91 Å². The van der Waals surface area contributed by atoms with Crippen molar-refractivity contribution in [3.05, 3.63) is 0 Å². The summed E-state index contributed by atoms with van der Waals surface area (Å²) in [6, 6.07) is -0.569. The van der Waals surface area contributed by atoms with E-state index in [4.69, 9.17) is 4.74 Å². The molecule has 3 fully saturated rings. The van der Waals surface area contributed by atoms with E-state index in [-0.39, 0.29) is 11.3 Å². The van der Waals surface area contributed by atoms with Gasteiger partial charge < -0.3 is 15.0 Å². The van der Waals surface area contributed by atoms with Crippen LogP contribution in [0.25, 0.3) is 0 Å². The summed E-state index contributed by atoms with van der Waals surface area (Å²) in [6.45, 7) is 17.7. The number of nitrogens with zero attached hydrogens (tertiary/aromatic N) is 1. The molecule has 2 aliphatic carbocycles. The van der Waals surface area contributed by atoms with E-state index >= 15 is 0 Å². The van der Waals surface area contributed by atoms with Crippen molar-refractivity contribution in [3.63, 3.8) is 0 Å². The largest absolute Gasteiger partial charge is 0.444 e. The molecule has 1 aliphatic heterocycles. The fourth-order valence-electron chi connectivity index (χ4n) is 4.99. The topological polar surface area (TPSA) is 58.6 Å². The van der Waals surface area contributed by atoms with Crippen LogP contribution in [0.3, 0.4) is 0 Å². The lowest BCUT2D eigenvalue weighted by molar-refractivity contribution is -0.137. The molecule has 2 amide bonds. The number of likely N-dealkylation sites (tertiary alicyclic amines) is 1. The number of piperidine rings is 2. The summed E-state index contributed by atoms with van der Waals surface area (Å²) >= 11 is 0. The number of carbonyl (C=O) groups excluding carboxylic acids is 2. The van der Waals surface area contributed by atoms with Crippen molar-refractivity contribution in [2.24, 2.45) is 21.7 Å². The fourth-order valence-corrected chi connectivity index (χ4v) is 4.99. The zero-order valence-electron chi connectivity index (χ0n) is 16.4. The first kappa shape index (κ1) is 17.6. The van der Waals surface area contributed by atoms with Gasteiger partial charge in [0.05, 0.1) is 0 Å². The van der Waals surface area contributed by atoms with Crippen LogP contribution in [-0.2, 0) is 9.53 Å². The Balaban J connectivity index is 1.67. The summed E-state index contributed by atoms with van der Waals surface area (Å²) in [5.74, 6) is 0.0230. The molecule has 1 heterocycles. The molecule has 0 aromatic heterocycles. The van der Waals surface area contributed by atoms with Gasteiger partial charge in [0, 0.05) is 23.9 Å². The second-order valence-corrected chi connectivity index (χ2v) is 10.6. The molecule has 1 saturated heterocycles. The molecule has 1 N–H and O–H groups in total. The minimum absolute atomic E-state index is 0.0230. The second kappa shape index (κ2) is 4.47. The highest BCUT2D eigenvalue weighted by molar-refractivity contribution is 5.87. The number of rotatable bonds is 2. The van der Waals surface area contributed by atoms with Gasteiger partial charge in [-0.1, -0.05) is 34.6 Å². The van der Waals surface area contributed by atoms with Crippen LogP contribution in [0.15, 0.2) is 0 Å². The SMILES string of the molecule is CC(C)(C)OC(=O)N[C@H](C(=O)N1CC23CC2(C1)C3(C)C)C(C)(C)C. The monoisotopic (exact) mass is 336 g/mol. The molecule has 24 heavy (non-hydrogen) atoms. The molecule has 5 nitrogen and oxygen atoms in total. The zero-order chi connectivity index (χ0) is 18.3. The van der Waals surface area contributed by atoms with Crippen molar-refractivity contribution in [1.82, 2.24) is 10.2 Å². The lowest BCUT2D eigenvalue weighted by atomic mass is 9.83. The van der Waals surface area contributed by atoms with Crippen molar-refractivity contribution in [2.45, 2.75) is 73.5 Å². The van der Waals surface area contributed by atoms with Gasteiger partial charge in [0.25, 0.3) is 0 Å². The van der Waals surface area contributed by atoms with Crippen molar-refractivity contribution in [1.29, 1.82) is 0 Å². The van der Waals surface area contributed by atoms with E-state index in [0.29, 0.717) is 16.2 Å². The second-order valence-electron chi connectivity index (χ2n) is 10.6. The summed E-state index contributed by atoms with van der Waals surface area (Å²) in [7, 11) is 0. The van der Waals surface area contributed by atoms with E-state index in [1.54, 1.807) is 0 Å². The molecule has 3 aliphatic rings. The Morgan fingerprint density at radius 2 is 1.54 bits per heavy atom. The molecular weight excluding hydrogens is 304 g/mol. The van der Waals surface area contributed by atoms with Crippen molar-refractivity contribution >= 4 is 12.0 Å². The van der Waals surface area contributed by atoms with Crippen LogP contribution in [0, 0.1) is 21.7 Å². The van der Waals surface area contributed by atoms with Gasteiger partial charge in [-0.25, -0.2) is 4.79 Å². The third-order valence-corrected chi connectivity index (χ3v) is 6.73. The highest BCUT2D eigenvalue weighted by Gasteiger charge is 2.98. The summed E-state index contributed by atoms with van der Waals surface area (Å²) in [4.78, 5) is 27.2. The maximum Gasteiger partial charge on any atom is 0.408 e. The van der Waals surface area contributed by atoms with Crippen LogP contribution in [-0.4, -0.2) is 41.6 Å². The maximum atomic E-state index is 13.1. The van der Waals surface area contributed by atoms with E-state index in [1.165, 1.54) is 6.42 Å². The third kappa shape index (κ3) is 2.19. The molecule has 0 bridgehead atoms. The number of carbonyl (C=O) groups is 2. The number of alkyl carbamates (subject to hydrolysis) is 1. The van der Waals surface area contributed by atoms with Gasteiger partial charge in [0.15, 0.2) is 0 Å². The molecular formula is C19H32N2O3. The molecule has 0 radical (unpaired) electrons. The minimum Gasteiger partial charge on any atom is -0.444 e. The van der Waals surface area contributed by atoms with E-state index in [1.807, 2.05) is 46.4 Å². The van der Waals surface area contributed by atoms with Crippen LogP contribution < -0.4 is 5.32 Å². The van der Waals surface area contributed by atoms with Gasteiger partial charge in [-0.15, -0.1) is 0 Å². The molecule has 0 spiro atoms. The first-order valence-electron chi connectivity index (χ1n) is 8.95. The van der Waals surface area contributed by atoms with Crippen LogP contribution in [0.1, 0.15) is 61.8 Å². The predicted molar refractivity (Wildman–Crippen MR) is 92.5 cm³/mol. The Morgan fingerprint density at radius 1 is 1.04 bits per heavy atom. The van der Waals surface area contributed by atoms with Crippen LogP contribution in [0.2, 0.25) is 0 Å². The Morgan fingerprint density at radius 3 is 1.92 bits per heavy atom. The Labute approximate surface area is 145 Å². The quantitative estimate of drug-likeness (QED) is 0.842. The standard InChI is InChI=1S/C19H32N2O3/c1-15(2,3)12(20-14(23)24-16(4,5)6)13(22)21-10-18-9-19(18,11-21)17(18,7)8/h12H,9-11H2,1-8H3,(H,20,23)/t12-,18?,19?/m1/s1. The van der Waals surface area contributed by atoms with Gasteiger partial charge in [-0.3, -0.25) is 4.79 Å². The molecule has 3 rings (SSSR count). The first-order valence-corrected chi connectivity index (χ1v) is 8.95. The van der Waals surface area contributed by atoms with E-state index in [2.05, 4.69) is 19.2 Å². The molecule has 2 unspecified atom stereocenters. The van der Waals surface area contributed by atoms with Crippen LogP contribution in [0.5, 0.6) is 0 Å². The highest BCUT2D eigenvalue weighted by Crippen LogP contribution is 2.99. The van der Waals surface area contributed by atoms with Gasteiger partial charge in [-0.05, 0) is 38.0 Å². The Kier molecular flexibility index (Phi) is 3.27. The average molecular weight is 336 g/mol. The van der Waals surface area contributed by atoms with Gasteiger partial charge in [0.1, 0.15) is 11.6 Å². The van der Waals surface area contributed by atoms with Crippen molar-refractivity contribution < 1.29 is 14.3 Å². The predicted octanol–water partition coefficient (Wildman–Crippen LogP) is 3.18. The smallest absolute Gasteiger partial charge is 0.408 e.